The Hall–Kier alpha value is -1.80. The predicted octanol–water partition coefficient (Wildman–Crippen LogP) is 1.48. The molecule has 0 aliphatic carbocycles. The van der Waals surface area contributed by atoms with Gasteiger partial charge in [0.25, 0.3) is 0 Å². The second-order valence-electron chi connectivity index (χ2n) is 5.79. The van der Waals surface area contributed by atoms with Crippen LogP contribution in [0.3, 0.4) is 0 Å². The average molecular weight is 393 g/mol. The Morgan fingerprint density at radius 1 is 1.12 bits per heavy atom. The third kappa shape index (κ3) is 4.18. The number of piperazine rings is 1. The van der Waals surface area contributed by atoms with Crippen LogP contribution in [0.4, 0.5) is 0 Å². The van der Waals surface area contributed by atoms with E-state index in [-0.39, 0.29) is 5.91 Å². The molecule has 2 aromatic rings. The molecule has 0 radical (unpaired) electrons. The zero-order valence-electron chi connectivity index (χ0n) is 13.5. The molecule has 1 fully saturated rings. The number of para-hydroxylation sites is 1. The molecule has 1 amide bonds. The molecule has 128 valence electrons. The largest absolute Gasteiger partial charge is 0.340 e. The number of carbonyl (C=O) groups excluding carboxylic acids is 1. The molecule has 0 unspecified atom stereocenters. The molecule has 7 nitrogen and oxygen atoms in total. The van der Waals surface area contributed by atoms with Gasteiger partial charge in [0.2, 0.25) is 5.91 Å². The summed E-state index contributed by atoms with van der Waals surface area (Å²) in [4.78, 5) is 16.3. The molecular formula is C16H21BrN6O. The van der Waals surface area contributed by atoms with Crippen LogP contribution in [0.15, 0.2) is 30.3 Å². The van der Waals surface area contributed by atoms with Crippen LogP contribution in [0.1, 0.15) is 18.7 Å². The van der Waals surface area contributed by atoms with Crippen LogP contribution in [0, 0.1) is 0 Å². The third-order valence-corrected chi connectivity index (χ3v) is 4.71. The molecule has 1 saturated heterocycles. The number of alkyl halides is 1. The zero-order valence-corrected chi connectivity index (χ0v) is 15.1. The van der Waals surface area contributed by atoms with E-state index in [1.165, 1.54) is 0 Å². The number of aromatic nitrogens is 4. The van der Waals surface area contributed by atoms with Gasteiger partial charge in [-0.05, 0) is 29.0 Å². The van der Waals surface area contributed by atoms with E-state index in [2.05, 4.69) is 36.4 Å². The molecule has 2 heterocycles. The minimum absolute atomic E-state index is 0.253. The van der Waals surface area contributed by atoms with Crippen molar-refractivity contribution in [2.45, 2.75) is 19.4 Å². The number of hydrogen-bond acceptors (Lipinski definition) is 5. The maximum absolute atomic E-state index is 12.1. The molecule has 1 aliphatic rings. The Morgan fingerprint density at radius 2 is 1.88 bits per heavy atom. The van der Waals surface area contributed by atoms with Gasteiger partial charge in [-0.15, -0.1) is 5.10 Å². The summed E-state index contributed by atoms with van der Waals surface area (Å²) in [6.07, 6.45) is 1.52. The standard InChI is InChI=1S/C16H21BrN6O/c17-8-4-7-16(24)22-11-9-21(10-12-22)13-15-18-19-20-23(15)14-5-2-1-3-6-14/h1-3,5-6H,4,7-13H2. The normalized spacial score (nSPS) is 15.6. The number of halogens is 1. The monoisotopic (exact) mass is 392 g/mol. The molecule has 3 rings (SSSR count). The van der Waals surface area contributed by atoms with E-state index in [4.69, 9.17) is 0 Å². The molecule has 1 aliphatic heterocycles. The number of carbonyl (C=O) groups is 1. The summed E-state index contributed by atoms with van der Waals surface area (Å²) < 4.78 is 1.77. The van der Waals surface area contributed by atoms with Crippen molar-refractivity contribution < 1.29 is 4.79 Å². The quantitative estimate of drug-likeness (QED) is 0.696. The Balaban J connectivity index is 1.56. The summed E-state index contributed by atoms with van der Waals surface area (Å²) in [7, 11) is 0. The van der Waals surface area contributed by atoms with Crippen LogP contribution in [-0.4, -0.2) is 67.4 Å². The van der Waals surface area contributed by atoms with E-state index in [1.54, 1.807) is 4.68 Å². The Labute approximate surface area is 149 Å². The van der Waals surface area contributed by atoms with Gasteiger partial charge in [0.15, 0.2) is 5.82 Å². The molecule has 1 aromatic heterocycles. The van der Waals surface area contributed by atoms with Crippen molar-refractivity contribution in [2.24, 2.45) is 0 Å². The number of tetrazole rings is 1. The first-order chi connectivity index (χ1) is 11.8. The molecule has 0 spiro atoms. The fourth-order valence-electron chi connectivity index (χ4n) is 2.81. The minimum Gasteiger partial charge on any atom is -0.340 e. The minimum atomic E-state index is 0.253. The Bertz CT molecular complexity index is 654. The van der Waals surface area contributed by atoms with Crippen LogP contribution >= 0.6 is 15.9 Å². The molecule has 0 bridgehead atoms. The summed E-state index contributed by atoms with van der Waals surface area (Å²) in [5, 5.41) is 12.9. The van der Waals surface area contributed by atoms with Crippen molar-refractivity contribution in [1.82, 2.24) is 30.0 Å². The van der Waals surface area contributed by atoms with Gasteiger partial charge >= 0.3 is 0 Å². The maximum Gasteiger partial charge on any atom is 0.222 e. The van der Waals surface area contributed by atoms with E-state index >= 15 is 0 Å². The van der Waals surface area contributed by atoms with Crippen LogP contribution in [0.2, 0.25) is 0 Å². The SMILES string of the molecule is O=C(CCCBr)N1CCN(Cc2nnnn2-c2ccccc2)CC1. The van der Waals surface area contributed by atoms with Gasteiger partial charge in [-0.25, -0.2) is 0 Å². The lowest BCUT2D eigenvalue weighted by atomic mass is 10.2. The van der Waals surface area contributed by atoms with E-state index < -0.39 is 0 Å². The van der Waals surface area contributed by atoms with Crippen molar-refractivity contribution in [3.8, 4) is 5.69 Å². The molecule has 1 aromatic carbocycles. The Morgan fingerprint density at radius 3 is 2.58 bits per heavy atom. The molecule has 0 saturated carbocycles. The van der Waals surface area contributed by atoms with Gasteiger partial charge in [0.05, 0.1) is 12.2 Å². The lowest BCUT2D eigenvalue weighted by molar-refractivity contribution is -0.133. The Kier molecular flexibility index (Phi) is 5.92. The summed E-state index contributed by atoms with van der Waals surface area (Å²) in [5.41, 5.74) is 0.959. The average Bonchev–Trinajstić information content (AvgIpc) is 3.09. The topological polar surface area (TPSA) is 67.2 Å². The number of amides is 1. The lowest BCUT2D eigenvalue weighted by Gasteiger charge is -2.34. The summed E-state index contributed by atoms with van der Waals surface area (Å²) in [5.74, 6) is 1.07. The van der Waals surface area contributed by atoms with Gasteiger partial charge < -0.3 is 4.90 Å². The van der Waals surface area contributed by atoms with Crippen LogP contribution in [0.5, 0.6) is 0 Å². The summed E-state index contributed by atoms with van der Waals surface area (Å²) in [6, 6.07) is 9.89. The highest BCUT2D eigenvalue weighted by Gasteiger charge is 2.22. The van der Waals surface area contributed by atoms with E-state index in [0.29, 0.717) is 13.0 Å². The van der Waals surface area contributed by atoms with Gasteiger partial charge in [-0.3, -0.25) is 9.69 Å². The smallest absolute Gasteiger partial charge is 0.222 e. The summed E-state index contributed by atoms with van der Waals surface area (Å²) >= 11 is 3.37. The predicted molar refractivity (Wildman–Crippen MR) is 94.0 cm³/mol. The molecule has 8 heteroatoms. The number of rotatable bonds is 6. The molecular weight excluding hydrogens is 372 g/mol. The number of benzene rings is 1. The highest BCUT2D eigenvalue weighted by atomic mass is 79.9. The van der Waals surface area contributed by atoms with Gasteiger partial charge in [0.1, 0.15) is 0 Å². The maximum atomic E-state index is 12.1. The van der Waals surface area contributed by atoms with Gasteiger partial charge in [-0.1, -0.05) is 34.1 Å². The van der Waals surface area contributed by atoms with Crippen LogP contribution in [-0.2, 0) is 11.3 Å². The number of nitrogens with zero attached hydrogens (tertiary/aromatic N) is 6. The fraction of sp³-hybridized carbons (Fsp3) is 0.500. The highest BCUT2D eigenvalue weighted by molar-refractivity contribution is 9.09. The molecule has 0 N–H and O–H groups in total. The van der Waals surface area contributed by atoms with Gasteiger partial charge in [0, 0.05) is 37.9 Å². The summed E-state index contributed by atoms with van der Waals surface area (Å²) in [6.45, 7) is 3.93. The zero-order chi connectivity index (χ0) is 16.8. The fourth-order valence-corrected chi connectivity index (χ4v) is 3.09. The first-order valence-electron chi connectivity index (χ1n) is 8.16. The third-order valence-electron chi connectivity index (χ3n) is 4.15. The lowest BCUT2D eigenvalue weighted by Crippen LogP contribution is -2.48. The highest BCUT2D eigenvalue weighted by Crippen LogP contribution is 2.12. The number of hydrogen-bond donors (Lipinski definition) is 0. The van der Waals surface area contributed by atoms with E-state index in [1.807, 2.05) is 35.2 Å². The van der Waals surface area contributed by atoms with Crippen LogP contribution in [0.25, 0.3) is 5.69 Å². The first kappa shape index (κ1) is 17.0. The van der Waals surface area contributed by atoms with Crippen molar-refractivity contribution in [1.29, 1.82) is 0 Å². The second-order valence-corrected chi connectivity index (χ2v) is 6.58. The van der Waals surface area contributed by atoms with Crippen molar-refractivity contribution in [2.75, 3.05) is 31.5 Å². The van der Waals surface area contributed by atoms with Crippen molar-refractivity contribution >= 4 is 21.8 Å². The first-order valence-corrected chi connectivity index (χ1v) is 9.29. The van der Waals surface area contributed by atoms with E-state index in [0.717, 1.165) is 49.4 Å². The molecule has 24 heavy (non-hydrogen) atoms. The second kappa shape index (κ2) is 8.34. The van der Waals surface area contributed by atoms with Crippen molar-refractivity contribution in [3.05, 3.63) is 36.2 Å². The van der Waals surface area contributed by atoms with Crippen molar-refractivity contribution in [3.63, 3.8) is 0 Å². The van der Waals surface area contributed by atoms with Gasteiger partial charge in [-0.2, -0.15) is 4.68 Å². The van der Waals surface area contributed by atoms with E-state index in [9.17, 15) is 4.79 Å². The van der Waals surface area contributed by atoms with Crippen LogP contribution < -0.4 is 0 Å². The molecule has 0 atom stereocenters.